The molecule has 364 valence electrons. The van der Waals surface area contributed by atoms with Gasteiger partial charge >= 0.3 is 5.97 Å². The molecule has 4 fully saturated rings. The fourth-order valence-electron chi connectivity index (χ4n) is 9.33. The van der Waals surface area contributed by atoms with Crippen LogP contribution in [-0.4, -0.2) is 105 Å². The zero-order valence-electron chi connectivity index (χ0n) is 38.8. The number of halogens is 2. The summed E-state index contributed by atoms with van der Waals surface area (Å²) in [6.45, 7) is 3.14. The number of aromatic nitrogens is 10. The number of carbonyl (C=O) groups excluding carboxylic acids is 1. The van der Waals surface area contributed by atoms with Crippen molar-refractivity contribution in [3.63, 3.8) is 0 Å². The summed E-state index contributed by atoms with van der Waals surface area (Å²) in [6, 6.07) is 9.51. The fraction of sp³-hybridized carbons (Fsp3) is 0.429. The van der Waals surface area contributed by atoms with Gasteiger partial charge in [0.15, 0.2) is 11.6 Å². The van der Waals surface area contributed by atoms with Crippen LogP contribution in [0, 0.1) is 68.6 Å². The summed E-state index contributed by atoms with van der Waals surface area (Å²) in [5.41, 5.74) is 0.603. The molecule has 0 aliphatic heterocycles. The molecule has 4 saturated carbocycles. The Balaban J connectivity index is 0.000000188. The zero-order valence-corrected chi connectivity index (χ0v) is 45.1. The molecule has 4 aliphatic carbocycles. The van der Waals surface area contributed by atoms with E-state index in [0.717, 1.165) is 24.7 Å². The van der Waals surface area contributed by atoms with Crippen molar-refractivity contribution >= 4 is 63.5 Å². The number of carbonyl (C=O) groups is 2. The van der Waals surface area contributed by atoms with Crippen LogP contribution in [0.25, 0.3) is 11.6 Å². The summed E-state index contributed by atoms with van der Waals surface area (Å²) in [7, 11) is -0.723. The third-order valence-corrected chi connectivity index (χ3v) is 15.4. The van der Waals surface area contributed by atoms with Crippen LogP contribution in [0.3, 0.4) is 0 Å². The van der Waals surface area contributed by atoms with E-state index in [1.54, 1.807) is 63.2 Å². The van der Waals surface area contributed by atoms with E-state index in [0.29, 0.717) is 40.9 Å². The van der Waals surface area contributed by atoms with Crippen molar-refractivity contribution in [1.29, 1.82) is 1.34 Å². The van der Waals surface area contributed by atoms with Crippen LogP contribution in [0.1, 0.15) is 83.5 Å². The van der Waals surface area contributed by atoms with Crippen LogP contribution in [0.4, 0.5) is 0 Å². The van der Waals surface area contributed by atoms with Crippen molar-refractivity contribution in [2.24, 2.45) is 42.9 Å². The number of ether oxygens (including phenoxy) is 2. The van der Waals surface area contributed by atoms with Gasteiger partial charge in [-0.25, -0.2) is 50.8 Å². The third kappa shape index (κ3) is 12.4. The van der Waals surface area contributed by atoms with Gasteiger partial charge in [0.05, 0.1) is 22.5 Å². The van der Waals surface area contributed by atoms with Crippen molar-refractivity contribution in [3.05, 3.63) is 94.0 Å². The van der Waals surface area contributed by atoms with Crippen LogP contribution < -0.4 is 19.3 Å². The summed E-state index contributed by atoms with van der Waals surface area (Å²) in [4.78, 5) is 31.8. The molecule has 0 saturated heterocycles. The van der Waals surface area contributed by atoms with Gasteiger partial charge in [0, 0.05) is 90.5 Å². The molecule has 4 aliphatic rings. The van der Waals surface area contributed by atoms with Crippen molar-refractivity contribution in [2.75, 3.05) is 0 Å². The molecule has 69 heavy (non-hydrogen) atoms. The van der Waals surface area contributed by atoms with Gasteiger partial charge < -0.3 is 14.6 Å². The first-order chi connectivity index (χ1) is 32.7. The monoisotopic (exact) mass is 1250 g/mol. The number of carboxylic acid groups (broad SMARTS) is 1. The quantitative estimate of drug-likeness (QED) is 0.118. The number of pyridine rings is 2. The van der Waals surface area contributed by atoms with Gasteiger partial charge in [0.25, 0.3) is 15.9 Å². The Labute approximate surface area is 435 Å². The van der Waals surface area contributed by atoms with Gasteiger partial charge in [-0.15, -0.1) is 10.2 Å². The number of aromatic carboxylic acids is 1. The van der Waals surface area contributed by atoms with Crippen molar-refractivity contribution in [3.8, 4) is 23.4 Å². The normalized spacial score (nSPS) is 21.1. The van der Waals surface area contributed by atoms with E-state index in [9.17, 15) is 26.4 Å². The third-order valence-electron chi connectivity index (χ3n) is 12.4. The molecule has 4 bridgehead atoms. The average Bonchev–Trinajstić information content (AvgIpc) is 4.16. The van der Waals surface area contributed by atoms with Gasteiger partial charge in [0.2, 0.25) is 21.8 Å². The molecule has 0 aromatic carbocycles. The number of rotatable bonds is 11. The molecule has 0 unspecified atom stereocenters. The maximum Gasteiger partial charge on any atom is 0.338 e. The zero-order chi connectivity index (χ0) is 49.9. The van der Waals surface area contributed by atoms with Gasteiger partial charge in [-0.2, -0.15) is 10.2 Å². The summed E-state index contributed by atoms with van der Waals surface area (Å²) >= 11 is 12.1. The largest absolute Gasteiger partial charge is 0.478 e. The Kier molecular flexibility index (Phi) is 16.4. The predicted octanol–water partition coefficient (Wildman–Crippen LogP) is 4.56. The number of aryl methyl sites for hydroxylation is 4. The van der Waals surface area contributed by atoms with Crippen LogP contribution in [-0.2, 0) is 34.1 Å². The van der Waals surface area contributed by atoms with Gasteiger partial charge in [-0.3, -0.25) is 14.2 Å². The molecule has 6 heterocycles. The van der Waals surface area contributed by atoms with Gasteiger partial charge in [0.1, 0.15) is 32.3 Å². The van der Waals surface area contributed by atoms with Gasteiger partial charge in [-0.1, -0.05) is 23.2 Å². The molecule has 27 heteroatoms. The molecule has 2 radical (unpaired) electrons. The summed E-state index contributed by atoms with van der Waals surface area (Å²) in [6.07, 6.45) is 16.4. The number of hydrogen-bond donors (Lipinski definition) is 3. The minimum atomic E-state index is -4.11. The van der Waals surface area contributed by atoms with Crippen molar-refractivity contribution in [1.82, 2.24) is 53.8 Å². The molecule has 0 spiro atoms. The summed E-state index contributed by atoms with van der Waals surface area (Å²) < 4.78 is 71.9. The second-order valence-electron chi connectivity index (χ2n) is 17.2. The second-order valence-corrected chi connectivity index (χ2v) is 21.1. The Hall–Kier alpha value is -4.76. The van der Waals surface area contributed by atoms with Gasteiger partial charge in [-0.05, 0) is 114 Å². The van der Waals surface area contributed by atoms with Crippen molar-refractivity contribution in [2.45, 2.75) is 87.2 Å². The maximum absolute atomic E-state index is 12.6. The molecule has 6 aromatic rings. The standard InChI is InChI=1S/C21H23ClN6O4S.C16H16ClN3O3.C5H9N3O2S.BH.U/c1-12-17(11-27(2)24-12)33(30,31)26-21(29)15-5-6-18(23-20(15)22)28-8-7-19(25-28)32-16-10-13-3-4-14(16)9-13;17-15-11(16(21)22)3-4-13(18-15)20-6-5-14(19-20)23-12-8-9-1-2-10(12)7-9;1-4-5(11(6,9)10)3-8(2)7-4;;/h5-8,11,13-14,16H,3-4,9-10H2,1-2H3,(H,26,29);3-6,9-10,12H,1-2,7-8H2,(H,21,22);3H,1-2H3,(H2,6,9,10);1H;/t13-,14-,16+;9-,10-,12+;;;/m11.../s1/i;;;1D;. The van der Waals surface area contributed by atoms with Crippen molar-refractivity contribution < 1.29 is 72.1 Å². The van der Waals surface area contributed by atoms with E-state index in [1.807, 2.05) is 4.72 Å². The number of primary sulfonamides is 1. The Morgan fingerprint density at radius 1 is 0.725 bits per heavy atom. The van der Waals surface area contributed by atoms with Crippen LogP contribution in [0.5, 0.6) is 11.8 Å². The average molecular weight is 1250 g/mol. The Bertz CT molecular complexity index is 3080. The number of nitrogens with two attached hydrogens (primary N) is 1. The SMILES string of the molecule is Cc1nn(C)cc1S(=O)(=O)NC(=O)c1ccc(-n2ccc(O[C@H]3C[C@@H]4CC[C@@H]3C4)n2)nc1Cl.Cc1nn(C)cc1S(N)(=O)=O.O=C(O)c1ccc(-n2ccc(O[C@H]3C[C@@H]4CC[C@@H]3C4)n2)nc1Cl.[2H][B].[U]. The fourth-order valence-corrected chi connectivity index (χ4v) is 11.7. The van der Waals surface area contributed by atoms with Crippen LogP contribution in [0.15, 0.2) is 71.0 Å². The number of hydrogen-bond acceptors (Lipinski definition) is 14. The number of fused-ring (bicyclic) bond motifs is 4. The van der Waals surface area contributed by atoms with Crippen LogP contribution in [0.2, 0.25) is 10.3 Å². The molecular weight excluding hydrogens is 1200 g/mol. The Morgan fingerprint density at radius 3 is 1.52 bits per heavy atom. The first kappa shape index (κ1) is 52.1. The number of nitrogens with one attached hydrogen (secondary N) is 1. The molecule has 4 N–H and O–H groups in total. The predicted molar refractivity (Wildman–Crippen MR) is 248 cm³/mol. The Morgan fingerprint density at radius 2 is 1.17 bits per heavy atom. The number of nitrogens with zero attached hydrogens (tertiary/aromatic N) is 10. The van der Waals surface area contributed by atoms with Crippen LogP contribution >= 0.6 is 23.2 Å². The van der Waals surface area contributed by atoms with E-state index in [1.165, 1.54) is 83.2 Å². The minimum absolute atomic E-state index is 0. The molecule has 6 aromatic heterocycles. The van der Waals surface area contributed by atoms with E-state index in [-0.39, 0.29) is 80.2 Å². The van der Waals surface area contributed by atoms with E-state index < -0.39 is 31.9 Å². The molecular formula is C42H49BCl2N12O9S2U. The topological polar surface area (TPSA) is 276 Å². The molecule has 21 nitrogen and oxygen atoms in total. The number of sulfonamides is 2. The first-order valence-corrected chi connectivity index (χ1v) is 25.1. The molecule has 10 rings (SSSR count). The number of amides is 1. The minimum Gasteiger partial charge on any atom is -0.478 e. The second kappa shape index (κ2) is 21.7. The first-order valence-electron chi connectivity index (χ1n) is 21.9. The smallest absolute Gasteiger partial charge is 0.338 e. The van der Waals surface area contributed by atoms with E-state index in [4.69, 9.17) is 44.3 Å². The maximum atomic E-state index is 12.6. The van der Waals surface area contributed by atoms with E-state index >= 15 is 0 Å². The summed E-state index contributed by atoms with van der Waals surface area (Å²) in [5, 5.41) is 30.3. The molecule has 6 atom stereocenters. The molecule has 1 amide bonds. The summed E-state index contributed by atoms with van der Waals surface area (Å²) in [5.74, 6) is 2.80. The number of carboxylic acids is 1. The van der Waals surface area contributed by atoms with E-state index in [2.05, 4.69) is 38.7 Å².